The molecule has 3 rings (SSSR count). The molecule has 2 aromatic rings. The van der Waals surface area contributed by atoms with E-state index in [0.717, 1.165) is 30.5 Å². The number of nitrogens with one attached hydrogen (secondary N) is 3. The maximum absolute atomic E-state index is 12.5. The molecule has 1 aromatic heterocycles. The molecule has 0 aliphatic heterocycles. The van der Waals surface area contributed by atoms with E-state index in [-0.39, 0.29) is 11.8 Å². The third-order valence-electron chi connectivity index (χ3n) is 4.31. The summed E-state index contributed by atoms with van der Waals surface area (Å²) in [6, 6.07) is 11.1. The highest BCUT2D eigenvalue weighted by Crippen LogP contribution is 2.32. The van der Waals surface area contributed by atoms with Crippen molar-refractivity contribution in [2.75, 3.05) is 5.32 Å². The van der Waals surface area contributed by atoms with Gasteiger partial charge < -0.3 is 10.6 Å². The average Bonchev–Trinajstić information content (AvgIpc) is 3.30. The van der Waals surface area contributed by atoms with Gasteiger partial charge >= 0.3 is 0 Å². The number of amides is 2. The minimum atomic E-state index is -0.520. The zero-order valence-corrected chi connectivity index (χ0v) is 14.4. The van der Waals surface area contributed by atoms with Crippen LogP contribution >= 0.6 is 0 Å². The Labute approximate surface area is 147 Å². The smallest absolute Gasteiger partial charge is 0.248 e. The van der Waals surface area contributed by atoms with Crippen LogP contribution in [-0.2, 0) is 9.59 Å². The fourth-order valence-electron chi connectivity index (χ4n) is 2.76. The molecule has 0 radical (unpaired) electrons. The number of H-pyrrole nitrogens is 1. The van der Waals surface area contributed by atoms with Crippen LogP contribution in [0.3, 0.4) is 0 Å². The average molecular weight is 340 g/mol. The largest absolute Gasteiger partial charge is 0.344 e. The molecule has 3 N–H and O–H groups in total. The molecule has 1 fully saturated rings. The normalized spacial score (nSPS) is 14.8. The van der Waals surface area contributed by atoms with Crippen molar-refractivity contribution in [3.63, 3.8) is 0 Å². The number of benzene rings is 1. The van der Waals surface area contributed by atoms with Crippen molar-refractivity contribution in [1.29, 1.82) is 0 Å². The summed E-state index contributed by atoms with van der Waals surface area (Å²) >= 11 is 0. The molecule has 25 heavy (non-hydrogen) atoms. The number of aromatic nitrogens is 2. The van der Waals surface area contributed by atoms with Crippen molar-refractivity contribution in [1.82, 2.24) is 15.5 Å². The first kappa shape index (κ1) is 17.2. The van der Waals surface area contributed by atoms with E-state index in [4.69, 9.17) is 0 Å². The van der Waals surface area contributed by atoms with Gasteiger partial charge in [0.25, 0.3) is 0 Å². The van der Waals surface area contributed by atoms with Crippen molar-refractivity contribution < 1.29 is 9.59 Å². The van der Waals surface area contributed by atoms with Gasteiger partial charge in [0.2, 0.25) is 11.8 Å². The molecular formula is C19H24N4O2. The lowest BCUT2D eigenvalue weighted by Gasteiger charge is -2.17. The predicted molar refractivity (Wildman–Crippen MR) is 96.8 cm³/mol. The molecule has 0 bridgehead atoms. The Morgan fingerprint density at radius 1 is 1.28 bits per heavy atom. The number of aromatic amines is 1. The molecule has 0 spiro atoms. The van der Waals surface area contributed by atoms with Crippen LogP contribution in [-0.4, -0.2) is 28.1 Å². The van der Waals surface area contributed by atoms with E-state index in [1.54, 1.807) is 6.07 Å². The number of nitrogens with zero attached hydrogens (tertiary/aromatic N) is 1. The molecule has 1 aliphatic rings. The zero-order valence-electron chi connectivity index (χ0n) is 14.4. The summed E-state index contributed by atoms with van der Waals surface area (Å²) in [5.41, 5.74) is 1.83. The van der Waals surface area contributed by atoms with Gasteiger partial charge in [0.1, 0.15) is 6.04 Å². The maximum atomic E-state index is 12.5. The highest BCUT2D eigenvalue weighted by atomic mass is 16.2. The summed E-state index contributed by atoms with van der Waals surface area (Å²) in [5, 5.41) is 12.7. The van der Waals surface area contributed by atoms with Crippen molar-refractivity contribution in [2.45, 2.75) is 45.1 Å². The highest BCUT2D eigenvalue weighted by Gasteiger charge is 2.27. The quantitative estimate of drug-likeness (QED) is 0.690. The first-order valence-electron chi connectivity index (χ1n) is 8.86. The van der Waals surface area contributed by atoms with Crippen molar-refractivity contribution in [2.24, 2.45) is 5.92 Å². The number of carbonyl (C=O) groups is 2. The Morgan fingerprint density at radius 3 is 2.72 bits per heavy atom. The Kier molecular flexibility index (Phi) is 5.48. The van der Waals surface area contributed by atoms with Crippen LogP contribution in [0, 0.1) is 5.92 Å². The van der Waals surface area contributed by atoms with Crippen molar-refractivity contribution in [3.8, 4) is 11.3 Å². The van der Waals surface area contributed by atoms with Crippen LogP contribution in [0.2, 0.25) is 0 Å². The van der Waals surface area contributed by atoms with E-state index in [1.165, 1.54) is 0 Å². The Hall–Kier alpha value is -2.63. The molecule has 1 atom stereocenters. The molecule has 1 heterocycles. The van der Waals surface area contributed by atoms with E-state index in [0.29, 0.717) is 24.6 Å². The first-order valence-corrected chi connectivity index (χ1v) is 8.86. The van der Waals surface area contributed by atoms with Gasteiger partial charge in [-0.05, 0) is 30.7 Å². The summed E-state index contributed by atoms with van der Waals surface area (Å²) in [7, 11) is 0. The van der Waals surface area contributed by atoms with Gasteiger partial charge in [-0.2, -0.15) is 5.10 Å². The molecule has 6 nitrogen and oxygen atoms in total. The van der Waals surface area contributed by atoms with Gasteiger partial charge in [-0.1, -0.05) is 43.7 Å². The van der Waals surface area contributed by atoms with E-state index in [1.807, 2.05) is 37.3 Å². The molecule has 2 amide bonds. The molecule has 1 unspecified atom stereocenters. The Bertz CT molecular complexity index is 722. The highest BCUT2D eigenvalue weighted by molar-refractivity contribution is 5.96. The zero-order chi connectivity index (χ0) is 17.6. The van der Waals surface area contributed by atoms with Crippen LogP contribution in [0.4, 0.5) is 5.82 Å². The topological polar surface area (TPSA) is 86.9 Å². The predicted octanol–water partition coefficient (Wildman–Crippen LogP) is 3.10. The first-order chi connectivity index (χ1) is 12.2. The van der Waals surface area contributed by atoms with Gasteiger partial charge in [-0.25, -0.2) is 0 Å². The fraction of sp³-hybridized carbons (Fsp3) is 0.421. The van der Waals surface area contributed by atoms with Gasteiger partial charge in [-0.15, -0.1) is 0 Å². The Balaban J connectivity index is 1.60. The van der Waals surface area contributed by atoms with Crippen LogP contribution in [0.25, 0.3) is 11.3 Å². The fourth-order valence-corrected chi connectivity index (χ4v) is 2.76. The number of carbonyl (C=O) groups excluding carboxylic acids is 2. The lowest BCUT2D eigenvalue weighted by atomic mass is 10.1. The molecule has 0 saturated heterocycles. The second-order valence-electron chi connectivity index (χ2n) is 6.58. The van der Waals surface area contributed by atoms with E-state index in [2.05, 4.69) is 20.8 Å². The second kappa shape index (κ2) is 7.96. The summed E-state index contributed by atoms with van der Waals surface area (Å²) in [6.07, 6.45) is 4.19. The monoisotopic (exact) mass is 340 g/mol. The van der Waals surface area contributed by atoms with Crippen molar-refractivity contribution in [3.05, 3.63) is 36.4 Å². The van der Waals surface area contributed by atoms with Gasteiger partial charge in [0, 0.05) is 12.5 Å². The van der Waals surface area contributed by atoms with Gasteiger partial charge in [-0.3, -0.25) is 14.7 Å². The molecule has 1 aliphatic carbocycles. The molecular weight excluding hydrogens is 316 g/mol. The lowest BCUT2D eigenvalue weighted by Crippen LogP contribution is -2.43. The van der Waals surface area contributed by atoms with Crippen LogP contribution < -0.4 is 10.6 Å². The van der Waals surface area contributed by atoms with Crippen LogP contribution in [0.1, 0.15) is 39.0 Å². The van der Waals surface area contributed by atoms with Crippen LogP contribution in [0.15, 0.2) is 36.4 Å². The second-order valence-corrected chi connectivity index (χ2v) is 6.58. The molecule has 132 valence electrons. The number of anilines is 1. The third kappa shape index (κ3) is 4.92. The van der Waals surface area contributed by atoms with Gasteiger partial charge in [0.05, 0.1) is 5.69 Å². The number of hydrogen-bond acceptors (Lipinski definition) is 3. The third-order valence-corrected chi connectivity index (χ3v) is 4.31. The van der Waals surface area contributed by atoms with E-state index in [9.17, 15) is 9.59 Å². The molecule has 1 saturated carbocycles. The summed E-state index contributed by atoms with van der Waals surface area (Å²) in [5.74, 6) is 0.701. The van der Waals surface area contributed by atoms with Crippen LogP contribution in [0.5, 0.6) is 0 Å². The number of hydrogen-bond donors (Lipinski definition) is 3. The standard InChI is InChI=1S/C19H24N4O2/c1-2-6-15(20-18(24)11-13-9-10-13)19(25)21-17-12-16(22-23-17)14-7-4-3-5-8-14/h3-5,7-8,12-13,15H,2,6,9-11H2,1H3,(H,20,24)(H2,21,22,23,25). The molecule has 1 aromatic carbocycles. The Morgan fingerprint density at radius 2 is 2.04 bits per heavy atom. The maximum Gasteiger partial charge on any atom is 0.248 e. The summed E-state index contributed by atoms with van der Waals surface area (Å²) < 4.78 is 0. The van der Waals surface area contributed by atoms with Crippen molar-refractivity contribution >= 4 is 17.6 Å². The molecule has 6 heteroatoms. The lowest BCUT2D eigenvalue weighted by molar-refractivity contribution is -0.126. The minimum Gasteiger partial charge on any atom is -0.344 e. The summed E-state index contributed by atoms with van der Waals surface area (Å²) in [4.78, 5) is 24.5. The summed E-state index contributed by atoms with van der Waals surface area (Å²) in [6.45, 7) is 2.00. The SMILES string of the molecule is CCCC(NC(=O)CC1CC1)C(=O)Nc1cc(-c2ccccc2)[nH]n1. The minimum absolute atomic E-state index is 0.0388. The van der Waals surface area contributed by atoms with E-state index < -0.39 is 6.04 Å². The van der Waals surface area contributed by atoms with E-state index >= 15 is 0 Å². The number of rotatable bonds is 8. The van der Waals surface area contributed by atoms with Gasteiger partial charge in [0.15, 0.2) is 5.82 Å².